The first kappa shape index (κ1) is 20.3. The normalized spacial score (nSPS) is 19.8. The molecule has 9 nitrogen and oxygen atoms in total. The van der Waals surface area contributed by atoms with Crippen LogP contribution in [0.2, 0.25) is 0 Å². The summed E-state index contributed by atoms with van der Waals surface area (Å²) < 4.78 is 6.62. The van der Waals surface area contributed by atoms with Crippen LogP contribution in [0.5, 0.6) is 5.75 Å². The number of esters is 1. The van der Waals surface area contributed by atoms with Crippen molar-refractivity contribution in [2.45, 2.75) is 38.1 Å². The van der Waals surface area contributed by atoms with Crippen molar-refractivity contribution in [2.24, 2.45) is 0 Å². The van der Waals surface area contributed by atoms with Crippen LogP contribution in [-0.4, -0.2) is 39.1 Å². The molecule has 2 aliphatic rings. The predicted molar refractivity (Wildman–Crippen MR) is 114 cm³/mol. The van der Waals surface area contributed by atoms with Crippen LogP contribution in [0.1, 0.15) is 41.6 Å². The van der Waals surface area contributed by atoms with Crippen molar-refractivity contribution in [2.75, 3.05) is 7.05 Å². The van der Waals surface area contributed by atoms with Crippen LogP contribution in [-0.2, 0) is 33.1 Å². The Morgan fingerprint density at radius 2 is 2.09 bits per heavy atom. The van der Waals surface area contributed by atoms with Crippen LogP contribution < -0.4 is 10.9 Å². The van der Waals surface area contributed by atoms with Crippen molar-refractivity contribution in [3.63, 3.8) is 0 Å². The third-order valence-electron chi connectivity index (χ3n) is 6.47. The van der Waals surface area contributed by atoms with Crippen LogP contribution in [0.3, 0.4) is 0 Å². The number of aromatic hydroxyl groups is 1. The minimum atomic E-state index is -1.91. The monoisotopic (exact) mass is 435 g/mol. The first-order chi connectivity index (χ1) is 15.3. The van der Waals surface area contributed by atoms with E-state index in [-0.39, 0.29) is 42.0 Å². The molecule has 9 heteroatoms. The van der Waals surface area contributed by atoms with Gasteiger partial charge in [0.1, 0.15) is 18.6 Å². The molecule has 0 saturated heterocycles. The Morgan fingerprint density at radius 3 is 2.78 bits per heavy atom. The van der Waals surface area contributed by atoms with Crippen molar-refractivity contribution in [1.29, 1.82) is 0 Å². The molecule has 2 aromatic heterocycles. The lowest BCUT2D eigenvalue weighted by molar-refractivity contribution is -0.172. The Morgan fingerprint density at radius 1 is 1.31 bits per heavy atom. The number of carbonyl (C=O) groups is 2. The average molecular weight is 435 g/mol. The van der Waals surface area contributed by atoms with E-state index in [4.69, 9.17) is 9.72 Å². The Kier molecular flexibility index (Phi) is 4.44. The molecule has 0 radical (unpaired) electrons. The maximum absolute atomic E-state index is 13.4. The average Bonchev–Trinajstić information content (AvgIpc) is 3.16. The zero-order valence-corrected chi connectivity index (χ0v) is 17.5. The van der Waals surface area contributed by atoms with Crippen LogP contribution in [0, 0.1) is 0 Å². The maximum atomic E-state index is 13.4. The number of cyclic esters (lactones) is 1. The van der Waals surface area contributed by atoms with Gasteiger partial charge >= 0.3 is 5.97 Å². The minimum absolute atomic E-state index is 0.0352. The molecule has 1 unspecified atom stereocenters. The first-order valence-corrected chi connectivity index (χ1v) is 10.3. The van der Waals surface area contributed by atoms with Gasteiger partial charge in [0.2, 0.25) is 0 Å². The molecule has 164 valence electrons. The zero-order valence-electron chi connectivity index (χ0n) is 17.5. The van der Waals surface area contributed by atoms with Crippen LogP contribution in [0.25, 0.3) is 22.3 Å². The second-order valence-electron chi connectivity index (χ2n) is 8.06. The lowest BCUT2D eigenvalue weighted by Crippen LogP contribution is -2.44. The summed E-state index contributed by atoms with van der Waals surface area (Å²) in [6.45, 7) is 1.60. The van der Waals surface area contributed by atoms with Gasteiger partial charge in [0.15, 0.2) is 5.60 Å². The van der Waals surface area contributed by atoms with E-state index < -0.39 is 17.6 Å². The van der Waals surface area contributed by atoms with Crippen LogP contribution in [0.15, 0.2) is 29.1 Å². The summed E-state index contributed by atoms with van der Waals surface area (Å²) in [6, 6.07) is 5.63. The summed E-state index contributed by atoms with van der Waals surface area (Å²) in [5.41, 5.74) is 0.971. The molecule has 0 fully saturated rings. The molecule has 2 atom stereocenters. The zero-order chi connectivity index (χ0) is 22.8. The highest BCUT2D eigenvalue weighted by Crippen LogP contribution is 2.41. The van der Waals surface area contributed by atoms with Crippen molar-refractivity contribution in [1.82, 2.24) is 14.9 Å². The number of benzene rings is 1. The summed E-state index contributed by atoms with van der Waals surface area (Å²) in [5.74, 6) is -0.748. The molecule has 0 aliphatic carbocycles. The minimum Gasteiger partial charge on any atom is -0.508 e. The van der Waals surface area contributed by atoms with Gasteiger partial charge < -0.3 is 29.6 Å². The molecule has 1 aromatic carbocycles. The van der Waals surface area contributed by atoms with Gasteiger partial charge in [0.25, 0.3) is 5.56 Å². The van der Waals surface area contributed by atoms with E-state index in [1.54, 1.807) is 32.2 Å². The van der Waals surface area contributed by atoms with Crippen LogP contribution in [0.4, 0.5) is 0 Å². The number of phenolic OH excluding ortho intramolecular Hbond substituents is 1. The van der Waals surface area contributed by atoms with Gasteiger partial charge in [-0.15, -0.1) is 0 Å². The maximum Gasteiger partial charge on any atom is 0.343 e. The summed E-state index contributed by atoms with van der Waals surface area (Å²) in [4.78, 5) is 42.3. The van der Waals surface area contributed by atoms with Crippen molar-refractivity contribution in [3.8, 4) is 17.1 Å². The highest BCUT2D eigenvalue weighted by molar-refractivity contribution is 5.92. The fraction of sp³-hybridized carbons (Fsp3) is 0.304. The SMILES string of the molecule is CC[C@@]1(O)C(=O)OCc2c1cc1n(c2=O)Cc2c-1nc1ccc(O)cc1c2C(C=O)NC. The molecule has 0 amide bonds. The largest absolute Gasteiger partial charge is 0.508 e. The molecule has 4 heterocycles. The molecular formula is C23H21N3O6. The standard InChI is InChI=1S/C23H21N3O6/c1-3-23(31)15-7-18-20-13(8-26(18)21(29)14(15)10-32-22(23)30)19(17(9-27)24-2)12-6-11(28)4-5-16(12)25-20/h4-7,9,17,24,28,31H,3,8,10H2,1-2H3/t17?,23-/m0/s1. The number of ether oxygens (including phenoxy) is 1. The molecule has 0 saturated carbocycles. The number of likely N-dealkylation sites (N-methyl/N-ethyl adjacent to an activating group) is 1. The number of fused-ring (bicyclic) bond motifs is 5. The second kappa shape index (κ2) is 6.98. The van der Waals surface area contributed by atoms with E-state index in [0.29, 0.717) is 33.4 Å². The molecule has 0 bridgehead atoms. The highest BCUT2D eigenvalue weighted by atomic mass is 16.6. The van der Waals surface area contributed by atoms with E-state index >= 15 is 0 Å². The number of pyridine rings is 2. The van der Waals surface area contributed by atoms with Crippen molar-refractivity contribution >= 4 is 23.2 Å². The quantitative estimate of drug-likeness (QED) is 0.322. The molecule has 2 aliphatic heterocycles. The molecular weight excluding hydrogens is 414 g/mol. The Balaban J connectivity index is 1.86. The van der Waals surface area contributed by atoms with E-state index in [0.717, 1.165) is 6.29 Å². The smallest absolute Gasteiger partial charge is 0.343 e. The van der Waals surface area contributed by atoms with E-state index in [2.05, 4.69) is 5.32 Å². The Bertz CT molecular complexity index is 1380. The number of nitrogens with one attached hydrogen (secondary N) is 1. The number of rotatable bonds is 4. The third kappa shape index (κ3) is 2.58. The number of aldehydes is 1. The van der Waals surface area contributed by atoms with Gasteiger partial charge in [-0.05, 0) is 43.3 Å². The van der Waals surface area contributed by atoms with Gasteiger partial charge in [-0.2, -0.15) is 0 Å². The highest BCUT2D eigenvalue weighted by Gasteiger charge is 2.45. The van der Waals surface area contributed by atoms with Gasteiger partial charge in [-0.3, -0.25) is 4.79 Å². The fourth-order valence-electron chi connectivity index (χ4n) is 4.73. The molecule has 3 N–H and O–H groups in total. The van der Waals surface area contributed by atoms with Crippen LogP contribution >= 0.6 is 0 Å². The molecule has 0 spiro atoms. The number of aliphatic hydroxyl groups is 1. The second-order valence-corrected chi connectivity index (χ2v) is 8.06. The molecule has 5 rings (SSSR count). The Hall–Kier alpha value is -3.56. The summed E-state index contributed by atoms with van der Waals surface area (Å²) in [6.07, 6.45) is 0.815. The number of aromatic nitrogens is 2. The Labute approximate surface area is 182 Å². The topological polar surface area (TPSA) is 131 Å². The van der Waals surface area contributed by atoms with Gasteiger partial charge in [0.05, 0.1) is 35.1 Å². The first-order valence-electron chi connectivity index (χ1n) is 10.3. The third-order valence-corrected chi connectivity index (χ3v) is 6.47. The number of carbonyl (C=O) groups excluding carboxylic acids is 2. The summed E-state index contributed by atoms with van der Waals surface area (Å²) in [5, 5.41) is 24.6. The van der Waals surface area contributed by atoms with E-state index in [1.807, 2.05) is 0 Å². The van der Waals surface area contributed by atoms with Gasteiger partial charge in [-0.1, -0.05) is 6.92 Å². The fourth-order valence-corrected chi connectivity index (χ4v) is 4.73. The van der Waals surface area contributed by atoms with E-state index in [9.17, 15) is 24.6 Å². The van der Waals surface area contributed by atoms with Gasteiger partial charge in [-0.25, -0.2) is 9.78 Å². The molecule has 3 aromatic rings. The lowest BCUT2D eigenvalue weighted by atomic mass is 9.86. The number of nitrogens with zero attached hydrogens (tertiary/aromatic N) is 2. The predicted octanol–water partition coefficient (Wildman–Crippen LogP) is 1.24. The number of phenols is 1. The summed E-state index contributed by atoms with van der Waals surface area (Å²) in [7, 11) is 1.65. The summed E-state index contributed by atoms with van der Waals surface area (Å²) >= 11 is 0. The number of hydrogen-bond acceptors (Lipinski definition) is 8. The van der Waals surface area contributed by atoms with E-state index in [1.165, 1.54) is 10.6 Å². The molecule has 32 heavy (non-hydrogen) atoms. The van der Waals surface area contributed by atoms with Crippen molar-refractivity contribution in [3.05, 3.63) is 56.9 Å². The van der Waals surface area contributed by atoms with Gasteiger partial charge in [0, 0.05) is 16.5 Å². The lowest BCUT2D eigenvalue weighted by Gasteiger charge is -2.31. The van der Waals surface area contributed by atoms with Crippen molar-refractivity contribution < 1.29 is 24.5 Å². The number of hydrogen-bond donors (Lipinski definition) is 3.